The molecule has 0 bridgehead atoms. The minimum Gasteiger partial charge on any atom is -0.497 e. The van der Waals surface area contributed by atoms with Crippen molar-refractivity contribution < 1.29 is 23.7 Å². The summed E-state index contributed by atoms with van der Waals surface area (Å²) in [5, 5.41) is 9.51. The highest BCUT2D eigenvalue weighted by Gasteiger charge is 2.37. The number of carbonyl (C=O) groups is 1. The number of carbonyl (C=O) groups excluding carboxylic acids is 1. The Morgan fingerprint density at radius 1 is 1.29 bits per heavy atom. The van der Waals surface area contributed by atoms with Gasteiger partial charge in [-0.2, -0.15) is 5.26 Å². The lowest BCUT2D eigenvalue weighted by molar-refractivity contribution is -0.136. The van der Waals surface area contributed by atoms with Gasteiger partial charge in [0, 0.05) is 11.6 Å². The van der Waals surface area contributed by atoms with Gasteiger partial charge in [-0.05, 0) is 13.0 Å². The molecule has 0 spiro atoms. The quantitative estimate of drug-likeness (QED) is 0.841. The summed E-state index contributed by atoms with van der Waals surface area (Å²) >= 11 is 0. The summed E-state index contributed by atoms with van der Waals surface area (Å²) in [7, 11) is 4.29. The molecule has 0 saturated carbocycles. The molecule has 0 radical (unpaired) electrons. The lowest BCUT2D eigenvalue weighted by Gasteiger charge is -2.27. The molecule has 1 aromatic rings. The first kappa shape index (κ1) is 17.2. The number of nitrogens with two attached hydrogens (primary N) is 1. The maximum Gasteiger partial charge on any atom is 0.338 e. The normalized spacial score (nSPS) is 17.0. The van der Waals surface area contributed by atoms with Crippen LogP contribution in [0.1, 0.15) is 18.4 Å². The van der Waals surface area contributed by atoms with Crippen molar-refractivity contribution in [1.29, 1.82) is 5.26 Å². The highest BCUT2D eigenvalue weighted by atomic mass is 16.5. The molecular weight excluding hydrogens is 312 g/mol. The lowest BCUT2D eigenvalue weighted by atomic mass is 9.82. The predicted octanol–water partition coefficient (Wildman–Crippen LogP) is 1.96. The van der Waals surface area contributed by atoms with Gasteiger partial charge in [-0.1, -0.05) is 6.07 Å². The summed E-state index contributed by atoms with van der Waals surface area (Å²) < 4.78 is 20.8. The van der Waals surface area contributed by atoms with E-state index in [1.807, 2.05) is 6.07 Å². The van der Waals surface area contributed by atoms with Crippen molar-refractivity contribution in [3.8, 4) is 17.6 Å². The van der Waals surface area contributed by atoms with E-state index in [4.69, 9.17) is 24.7 Å². The van der Waals surface area contributed by atoms with Crippen molar-refractivity contribution in [3.05, 3.63) is 46.6 Å². The van der Waals surface area contributed by atoms with Crippen LogP contribution in [0, 0.1) is 11.3 Å². The van der Waals surface area contributed by atoms with Crippen molar-refractivity contribution in [3.63, 3.8) is 0 Å². The number of allylic oxidation sites excluding steroid dienone is 2. The first-order valence-electron chi connectivity index (χ1n) is 7.07. The second kappa shape index (κ2) is 6.96. The van der Waals surface area contributed by atoms with Crippen LogP contribution in [0.5, 0.6) is 11.5 Å². The maximum atomic E-state index is 12.3. The molecule has 7 heteroatoms. The van der Waals surface area contributed by atoms with Gasteiger partial charge in [-0.3, -0.25) is 0 Å². The molecule has 0 amide bonds. The van der Waals surface area contributed by atoms with E-state index in [0.29, 0.717) is 17.1 Å². The molecule has 24 heavy (non-hydrogen) atoms. The molecule has 0 fully saturated rings. The average Bonchev–Trinajstić information content (AvgIpc) is 2.59. The Bertz CT molecular complexity index is 774. The molecule has 1 atom stereocenters. The number of hydrogen-bond donors (Lipinski definition) is 1. The van der Waals surface area contributed by atoms with Crippen LogP contribution < -0.4 is 15.2 Å². The van der Waals surface area contributed by atoms with Crippen LogP contribution in [-0.2, 0) is 14.3 Å². The zero-order valence-corrected chi connectivity index (χ0v) is 13.9. The number of ether oxygens (including phenoxy) is 4. The molecule has 1 heterocycles. The van der Waals surface area contributed by atoms with Crippen LogP contribution in [-0.4, -0.2) is 27.3 Å². The molecule has 1 aliphatic rings. The fourth-order valence-corrected chi connectivity index (χ4v) is 2.62. The molecule has 2 N–H and O–H groups in total. The first-order valence-corrected chi connectivity index (χ1v) is 7.07. The summed E-state index contributed by atoms with van der Waals surface area (Å²) in [6.45, 7) is 1.59. The fourth-order valence-electron chi connectivity index (χ4n) is 2.62. The van der Waals surface area contributed by atoms with Gasteiger partial charge in [0.15, 0.2) is 0 Å². The van der Waals surface area contributed by atoms with E-state index in [1.54, 1.807) is 25.1 Å². The minimum absolute atomic E-state index is 0.0504. The van der Waals surface area contributed by atoms with Crippen molar-refractivity contribution in [2.45, 2.75) is 12.8 Å². The SMILES string of the molecule is COC(=O)C1=C(C)OC(N)=C(C#N)C1c1ccc(OC)cc1OC. The number of hydrogen-bond acceptors (Lipinski definition) is 7. The molecule has 1 aliphatic heterocycles. The van der Waals surface area contributed by atoms with Crippen molar-refractivity contribution >= 4 is 5.97 Å². The molecular formula is C17H18N2O5. The zero-order valence-electron chi connectivity index (χ0n) is 13.9. The van der Waals surface area contributed by atoms with Crippen LogP contribution in [0.3, 0.4) is 0 Å². The zero-order chi connectivity index (χ0) is 17.9. The van der Waals surface area contributed by atoms with E-state index in [2.05, 4.69) is 0 Å². The molecule has 0 saturated heterocycles. The molecule has 0 aliphatic carbocycles. The van der Waals surface area contributed by atoms with Gasteiger partial charge in [-0.15, -0.1) is 0 Å². The van der Waals surface area contributed by atoms with Crippen molar-refractivity contribution in [2.24, 2.45) is 5.73 Å². The van der Waals surface area contributed by atoms with Crippen LogP contribution in [0.2, 0.25) is 0 Å². The van der Waals surface area contributed by atoms with E-state index >= 15 is 0 Å². The molecule has 1 aromatic carbocycles. The van der Waals surface area contributed by atoms with Gasteiger partial charge < -0.3 is 24.7 Å². The van der Waals surface area contributed by atoms with E-state index in [0.717, 1.165) is 0 Å². The van der Waals surface area contributed by atoms with E-state index < -0.39 is 11.9 Å². The third-order valence-corrected chi connectivity index (χ3v) is 3.76. The Kier molecular flexibility index (Phi) is 4.99. The monoisotopic (exact) mass is 330 g/mol. The van der Waals surface area contributed by atoms with Gasteiger partial charge in [0.05, 0.1) is 32.8 Å². The van der Waals surface area contributed by atoms with Gasteiger partial charge >= 0.3 is 5.97 Å². The van der Waals surface area contributed by atoms with Crippen LogP contribution in [0.15, 0.2) is 41.0 Å². The maximum absolute atomic E-state index is 12.3. The summed E-state index contributed by atoms with van der Waals surface area (Å²) in [6, 6.07) is 7.11. The summed E-state index contributed by atoms with van der Waals surface area (Å²) in [6.07, 6.45) is 0. The number of rotatable bonds is 4. The van der Waals surface area contributed by atoms with Gasteiger partial charge in [0.2, 0.25) is 5.88 Å². The van der Waals surface area contributed by atoms with Gasteiger partial charge in [0.25, 0.3) is 0 Å². The summed E-state index contributed by atoms with van der Waals surface area (Å²) in [5.41, 5.74) is 6.74. The number of esters is 1. The Balaban J connectivity index is 2.72. The Morgan fingerprint density at radius 2 is 2.00 bits per heavy atom. The predicted molar refractivity (Wildman–Crippen MR) is 84.9 cm³/mol. The summed E-state index contributed by atoms with van der Waals surface area (Å²) in [5.74, 6) is -0.0890. The van der Waals surface area contributed by atoms with Crippen LogP contribution in [0.4, 0.5) is 0 Å². The van der Waals surface area contributed by atoms with Crippen LogP contribution >= 0.6 is 0 Å². The Labute approximate surface area is 139 Å². The number of nitrogens with zero attached hydrogens (tertiary/aromatic N) is 1. The van der Waals surface area contributed by atoms with E-state index in [9.17, 15) is 10.1 Å². The third-order valence-electron chi connectivity index (χ3n) is 3.76. The topological polar surface area (TPSA) is 104 Å². The van der Waals surface area contributed by atoms with Crippen molar-refractivity contribution in [1.82, 2.24) is 0 Å². The van der Waals surface area contributed by atoms with E-state index in [-0.39, 0.29) is 22.8 Å². The lowest BCUT2D eigenvalue weighted by Crippen LogP contribution is -2.25. The molecule has 126 valence electrons. The van der Waals surface area contributed by atoms with Crippen LogP contribution in [0.25, 0.3) is 0 Å². The molecule has 1 unspecified atom stereocenters. The standard InChI is InChI=1S/C17H18N2O5/c1-9-14(17(20)23-4)15(12(8-18)16(19)24-9)11-6-5-10(21-2)7-13(11)22-3/h5-7,15H,19H2,1-4H3. The molecule has 7 nitrogen and oxygen atoms in total. The number of benzene rings is 1. The molecule has 2 rings (SSSR count). The number of methoxy groups -OCH3 is 3. The highest BCUT2D eigenvalue weighted by molar-refractivity contribution is 5.92. The Hall–Kier alpha value is -3.14. The largest absolute Gasteiger partial charge is 0.497 e. The first-order chi connectivity index (χ1) is 11.5. The molecule has 0 aromatic heterocycles. The smallest absolute Gasteiger partial charge is 0.338 e. The van der Waals surface area contributed by atoms with Gasteiger partial charge in [-0.25, -0.2) is 4.79 Å². The van der Waals surface area contributed by atoms with E-state index in [1.165, 1.54) is 21.3 Å². The summed E-state index contributed by atoms with van der Waals surface area (Å²) in [4.78, 5) is 12.3. The minimum atomic E-state index is -0.753. The fraction of sp³-hybridized carbons (Fsp3) is 0.294. The number of nitriles is 1. The van der Waals surface area contributed by atoms with Gasteiger partial charge in [0.1, 0.15) is 28.9 Å². The highest BCUT2D eigenvalue weighted by Crippen LogP contribution is 2.43. The second-order valence-electron chi connectivity index (χ2n) is 4.99. The average molecular weight is 330 g/mol. The Morgan fingerprint density at radius 3 is 2.54 bits per heavy atom. The third kappa shape index (κ3) is 2.86. The van der Waals surface area contributed by atoms with Crippen molar-refractivity contribution in [2.75, 3.05) is 21.3 Å². The second-order valence-corrected chi connectivity index (χ2v) is 4.99.